The van der Waals surface area contributed by atoms with Crippen LogP contribution in [0.1, 0.15) is 181 Å². The summed E-state index contributed by atoms with van der Waals surface area (Å²) < 4.78 is 10.6. The van der Waals surface area contributed by atoms with Crippen molar-refractivity contribution in [3.63, 3.8) is 0 Å². The first-order valence-electron chi connectivity index (χ1n) is 27.0. The Morgan fingerprint density at radius 3 is 0.900 bits per heavy atom. The Bertz CT molecular complexity index is 1700. The van der Waals surface area contributed by atoms with Crippen LogP contribution in [0.3, 0.4) is 0 Å². The number of allylic oxidation sites excluding steroid dienone is 32. The number of carbonyl (C=O) groups excluding carboxylic acids is 2. The fourth-order valence-corrected chi connectivity index (χ4v) is 6.42. The van der Waals surface area contributed by atoms with Gasteiger partial charge in [0.2, 0.25) is 0 Å². The molecule has 0 aromatic carbocycles. The lowest BCUT2D eigenvalue weighted by atomic mass is 10.1. The fraction of sp³-hybridized carbons (Fsp3) is 0.477. The maximum absolute atomic E-state index is 12.3. The Labute approximate surface area is 428 Å². The number of hydrogen-bond acceptors (Lipinski definition) is 5. The van der Waals surface area contributed by atoms with E-state index in [-0.39, 0.29) is 31.6 Å². The summed E-state index contributed by atoms with van der Waals surface area (Å²) >= 11 is 0. The highest BCUT2D eigenvalue weighted by molar-refractivity contribution is 5.70. The van der Waals surface area contributed by atoms with Gasteiger partial charge in [0.05, 0.1) is 6.61 Å². The van der Waals surface area contributed by atoms with E-state index in [9.17, 15) is 14.7 Å². The molecule has 0 aliphatic heterocycles. The van der Waals surface area contributed by atoms with Gasteiger partial charge in [-0.25, -0.2) is 0 Å². The molecule has 0 bridgehead atoms. The minimum absolute atomic E-state index is 0.119. The maximum atomic E-state index is 12.3. The second-order valence-corrected chi connectivity index (χ2v) is 16.8. The second-order valence-electron chi connectivity index (χ2n) is 16.8. The van der Waals surface area contributed by atoms with Gasteiger partial charge in [-0.3, -0.25) is 9.59 Å². The van der Waals surface area contributed by atoms with Crippen LogP contribution in [-0.2, 0) is 19.1 Å². The normalized spacial score (nSPS) is 13.8. The third-order valence-electron chi connectivity index (χ3n) is 10.4. The third-order valence-corrected chi connectivity index (χ3v) is 10.4. The summed E-state index contributed by atoms with van der Waals surface area (Å²) in [6.45, 7) is 3.82. The number of hydrogen-bond donors (Lipinski definition) is 1. The standard InChI is InChI=1S/C65H96O5/c1-3-5-7-9-11-13-15-17-19-21-23-25-27-28-29-30-31-32-33-34-35-36-38-40-42-44-46-48-50-52-54-56-58-60-65(68)70-63(61-66)62-69-64(67)59-57-55-53-51-49-47-45-43-41-39-37-26-24-22-20-18-16-14-12-10-8-6-4-2/h5-8,11-14,17-20,23-26,28-29,31-32,34-35,38-41,44-47,51,53,63,66H,3-4,9-10,15-16,21-22,27,30,33,36-37,42-43,48-50,52,54-62H2,1-2H3/b7-5-,8-6-,13-11-,14-12-,19-17-,20-18-,25-23-,26-24-,29-28-,32-31-,35-34-,40-38-,41-39-,46-44-,47-45-,53-51-. The molecule has 0 saturated carbocycles. The molecule has 0 radical (unpaired) electrons. The monoisotopic (exact) mass is 957 g/mol. The summed E-state index contributed by atoms with van der Waals surface area (Å²) in [6.07, 6.45) is 93.8. The number of carbonyl (C=O) groups is 2. The van der Waals surface area contributed by atoms with Gasteiger partial charge >= 0.3 is 11.9 Å². The van der Waals surface area contributed by atoms with Crippen LogP contribution in [-0.4, -0.2) is 36.4 Å². The molecule has 0 aliphatic carbocycles. The van der Waals surface area contributed by atoms with Crippen LogP contribution >= 0.6 is 0 Å². The van der Waals surface area contributed by atoms with Gasteiger partial charge in [0, 0.05) is 12.8 Å². The van der Waals surface area contributed by atoms with Crippen molar-refractivity contribution in [3.05, 3.63) is 194 Å². The first kappa shape index (κ1) is 64.7. The zero-order chi connectivity index (χ0) is 50.6. The Morgan fingerprint density at radius 1 is 0.329 bits per heavy atom. The highest BCUT2D eigenvalue weighted by Gasteiger charge is 2.16. The lowest BCUT2D eigenvalue weighted by molar-refractivity contribution is -0.161. The largest absolute Gasteiger partial charge is 0.462 e. The van der Waals surface area contributed by atoms with Crippen LogP contribution in [0.2, 0.25) is 0 Å². The van der Waals surface area contributed by atoms with Crippen molar-refractivity contribution in [2.24, 2.45) is 0 Å². The van der Waals surface area contributed by atoms with Crippen molar-refractivity contribution < 1.29 is 24.2 Å². The topological polar surface area (TPSA) is 72.8 Å². The molecule has 1 unspecified atom stereocenters. The Balaban J connectivity index is 3.75. The van der Waals surface area contributed by atoms with E-state index in [1.165, 1.54) is 0 Å². The number of esters is 2. The summed E-state index contributed by atoms with van der Waals surface area (Å²) in [6, 6.07) is 0. The summed E-state index contributed by atoms with van der Waals surface area (Å²) in [5, 5.41) is 9.63. The van der Waals surface area contributed by atoms with E-state index in [1.54, 1.807) is 0 Å². The van der Waals surface area contributed by atoms with Crippen molar-refractivity contribution in [2.45, 2.75) is 187 Å². The summed E-state index contributed by atoms with van der Waals surface area (Å²) in [5.74, 6) is -0.703. The van der Waals surface area contributed by atoms with Crippen molar-refractivity contribution in [3.8, 4) is 0 Å². The van der Waals surface area contributed by atoms with Gasteiger partial charge in [-0.1, -0.05) is 228 Å². The number of unbranched alkanes of at least 4 members (excludes halogenated alkanes) is 6. The molecule has 0 saturated heterocycles. The van der Waals surface area contributed by atoms with Gasteiger partial charge in [-0.2, -0.15) is 0 Å². The van der Waals surface area contributed by atoms with E-state index in [1.807, 2.05) is 0 Å². The molecule has 5 heteroatoms. The molecular formula is C65H96O5. The first-order chi connectivity index (χ1) is 34.6. The predicted octanol–water partition coefficient (Wildman–Crippen LogP) is 18.5. The molecule has 0 aromatic heterocycles. The van der Waals surface area contributed by atoms with E-state index in [2.05, 4.69) is 208 Å². The minimum Gasteiger partial charge on any atom is -0.462 e. The van der Waals surface area contributed by atoms with Crippen molar-refractivity contribution >= 4 is 11.9 Å². The van der Waals surface area contributed by atoms with E-state index in [4.69, 9.17) is 9.47 Å². The minimum atomic E-state index is -0.824. The number of rotatable bonds is 46. The van der Waals surface area contributed by atoms with E-state index in [0.29, 0.717) is 12.8 Å². The van der Waals surface area contributed by atoms with E-state index >= 15 is 0 Å². The Kier molecular flexibility index (Phi) is 53.7. The fourth-order valence-electron chi connectivity index (χ4n) is 6.42. The van der Waals surface area contributed by atoms with Crippen molar-refractivity contribution in [1.82, 2.24) is 0 Å². The quantitative estimate of drug-likeness (QED) is 0.0374. The molecule has 1 atom stereocenters. The van der Waals surface area contributed by atoms with Crippen LogP contribution in [0.15, 0.2) is 194 Å². The lowest BCUT2D eigenvalue weighted by Crippen LogP contribution is -2.28. The molecule has 1 N–H and O–H groups in total. The molecule has 70 heavy (non-hydrogen) atoms. The summed E-state index contributed by atoms with van der Waals surface area (Å²) in [4.78, 5) is 24.5. The lowest BCUT2D eigenvalue weighted by Gasteiger charge is -2.15. The zero-order valence-electron chi connectivity index (χ0n) is 43.9. The Morgan fingerprint density at radius 2 is 0.586 bits per heavy atom. The van der Waals surface area contributed by atoms with Crippen LogP contribution < -0.4 is 0 Å². The molecular weight excluding hydrogens is 861 g/mol. The Hall–Kier alpha value is -5.26. The van der Waals surface area contributed by atoms with Gasteiger partial charge in [0.15, 0.2) is 6.10 Å². The highest BCUT2D eigenvalue weighted by atomic mass is 16.6. The third kappa shape index (κ3) is 55.3. The van der Waals surface area contributed by atoms with Gasteiger partial charge in [-0.15, -0.1) is 0 Å². The average molecular weight is 957 g/mol. The zero-order valence-corrected chi connectivity index (χ0v) is 43.9. The van der Waals surface area contributed by atoms with Crippen LogP contribution in [0.5, 0.6) is 0 Å². The van der Waals surface area contributed by atoms with Crippen LogP contribution in [0.25, 0.3) is 0 Å². The van der Waals surface area contributed by atoms with Crippen LogP contribution in [0.4, 0.5) is 0 Å². The predicted molar refractivity (Wildman–Crippen MR) is 306 cm³/mol. The van der Waals surface area contributed by atoms with Gasteiger partial charge < -0.3 is 14.6 Å². The number of aliphatic hydroxyl groups is 1. The summed E-state index contributed by atoms with van der Waals surface area (Å²) in [7, 11) is 0. The molecule has 0 spiro atoms. The molecule has 0 fully saturated rings. The van der Waals surface area contributed by atoms with Crippen molar-refractivity contribution in [2.75, 3.05) is 13.2 Å². The number of aliphatic hydroxyl groups excluding tert-OH is 1. The van der Waals surface area contributed by atoms with Crippen molar-refractivity contribution in [1.29, 1.82) is 0 Å². The molecule has 0 aliphatic rings. The SMILES string of the molecule is CC/C=C\C/C=C\C/C=C\C/C=C\C/C=C\C/C=C\C/C=C\C/C=C\C/C=C\CCCCCCCC(=O)OC(CO)COC(=O)CCC/C=C\C/C=C\C/C=C\C/C=C\C/C=C\C/C=C\C/C=C\CC. The molecule has 0 amide bonds. The van der Waals surface area contributed by atoms with E-state index in [0.717, 1.165) is 148 Å². The van der Waals surface area contributed by atoms with Crippen LogP contribution in [0, 0.1) is 0 Å². The first-order valence-corrected chi connectivity index (χ1v) is 27.0. The maximum Gasteiger partial charge on any atom is 0.306 e. The molecule has 386 valence electrons. The molecule has 0 aromatic rings. The number of ether oxygens (including phenoxy) is 2. The smallest absolute Gasteiger partial charge is 0.306 e. The average Bonchev–Trinajstić information content (AvgIpc) is 3.36. The van der Waals surface area contributed by atoms with Gasteiger partial charge in [-0.05, 0) is 135 Å². The summed E-state index contributed by atoms with van der Waals surface area (Å²) in [5.41, 5.74) is 0. The molecule has 5 nitrogen and oxygen atoms in total. The second kappa shape index (κ2) is 58.1. The highest BCUT2D eigenvalue weighted by Crippen LogP contribution is 2.10. The van der Waals surface area contributed by atoms with E-state index < -0.39 is 6.10 Å². The van der Waals surface area contributed by atoms with Gasteiger partial charge in [0.1, 0.15) is 6.61 Å². The molecule has 0 heterocycles. The molecule has 0 rings (SSSR count). The van der Waals surface area contributed by atoms with Gasteiger partial charge in [0.25, 0.3) is 0 Å².